The maximum Gasteiger partial charge on any atom is 0.164 e. The van der Waals surface area contributed by atoms with Crippen molar-refractivity contribution in [2.45, 2.75) is 19.9 Å². The molecular weight excluding hydrogens is 386 g/mol. The van der Waals surface area contributed by atoms with Gasteiger partial charge in [-0.2, -0.15) is 10.4 Å². The highest BCUT2D eigenvalue weighted by Crippen LogP contribution is 2.28. The van der Waals surface area contributed by atoms with Gasteiger partial charge in [-0.05, 0) is 36.8 Å². The lowest BCUT2D eigenvalue weighted by Crippen LogP contribution is -2.06. The molecule has 0 spiro atoms. The summed E-state index contributed by atoms with van der Waals surface area (Å²) in [7, 11) is 1.81. The first-order chi connectivity index (χ1) is 14.5. The second kappa shape index (κ2) is 7.87. The van der Waals surface area contributed by atoms with E-state index in [2.05, 4.69) is 26.5 Å². The molecule has 0 unspecified atom stereocenters. The maximum atomic E-state index is 14.1. The van der Waals surface area contributed by atoms with Crippen LogP contribution in [0.4, 0.5) is 14.6 Å². The molecule has 0 fully saturated rings. The molecule has 4 rings (SSSR count). The number of nitrogens with one attached hydrogen (secondary N) is 1. The third-order valence-electron chi connectivity index (χ3n) is 4.82. The lowest BCUT2D eigenvalue weighted by molar-refractivity contribution is 0.574. The molecule has 4 aromatic rings. The number of hydrogen-bond acceptors (Lipinski definition) is 5. The molecule has 0 atom stereocenters. The number of benzene rings is 2. The number of anilines is 1. The van der Waals surface area contributed by atoms with Crippen molar-refractivity contribution in [1.82, 2.24) is 19.7 Å². The molecule has 0 bridgehead atoms. The Bertz CT molecular complexity index is 1270. The molecule has 2 aromatic heterocycles. The normalized spacial score (nSPS) is 10.9. The van der Waals surface area contributed by atoms with E-state index < -0.39 is 11.6 Å². The van der Waals surface area contributed by atoms with Crippen LogP contribution in [-0.4, -0.2) is 19.7 Å². The summed E-state index contributed by atoms with van der Waals surface area (Å²) in [4.78, 5) is 9.31. The summed E-state index contributed by atoms with van der Waals surface area (Å²) in [6.45, 7) is 2.11. The lowest BCUT2D eigenvalue weighted by atomic mass is 10.1. The van der Waals surface area contributed by atoms with E-state index in [1.54, 1.807) is 36.0 Å². The van der Waals surface area contributed by atoms with E-state index in [0.29, 0.717) is 34.8 Å². The van der Waals surface area contributed by atoms with Gasteiger partial charge >= 0.3 is 0 Å². The second-order valence-electron chi connectivity index (χ2n) is 6.80. The van der Waals surface area contributed by atoms with Crippen molar-refractivity contribution in [3.8, 4) is 17.5 Å². The van der Waals surface area contributed by atoms with E-state index >= 15 is 0 Å². The SMILES string of the molecule is CCc1nn(C)c2nc(-c3ccc(C#N)cc3)nc(NCc3ccc(F)cc3F)c12. The van der Waals surface area contributed by atoms with Crippen molar-refractivity contribution in [1.29, 1.82) is 5.26 Å². The molecule has 0 amide bonds. The first-order valence-electron chi connectivity index (χ1n) is 9.42. The largest absolute Gasteiger partial charge is 0.365 e. The van der Waals surface area contributed by atoms with Gasteiger partial charge in [0.2, 0.25) is 0 Å². The molecule has 0 aliphatic rings. The fraction of sp³-hybridized carbons (Fsp3) is 0.182. The fourth-order valence-electron chi connectivity index (χ4n) is 3.27. The second-order valence-corrected chi connectivity index (χ2v) is 6.80. The monoisotopic (exact) mass is 404 g/mol. The zero-order chi connectivity index (χ0) is 21.3. The molecule has 0 radical (unpaired) electrons. The summed E-state index contributed by atoms with van der Waals surface area (Å²) < 4.78 is 29.0. The van der Waals surface area contributed by atoms with Crippen molar-refractivity contribution >= 4 is 16.9 Å². The minimum absolute atomic E-state index is 0.128. The first-order valence-corrected chi connectivity index (χ1v) is 9.42. The molecule has 0 saturated carbocycles. The highest BCUT2D eigenvalue weighted by Gasteiger charge is 2.18. The van der Waals surface area contributed by atoms with Crippen molar-refractivity contribution in [2.24, 2.45) is 7.05 Å². The first kappa shape index (κ1) is 19.5. The molecule has 0 aliphatic heterocycles. The van der Waals surface area contributed by atoms with Crippen LogP contribution in [0.25, 0.3) is 22.4 Å². The summed E-state index contributed by atoms with van der Waals surface area (Å²) in [5.41, 5.74) is 3.07. The third-order valence-corrected chi connectivity index (χ3v) is 4.82. The predicted octanol–water partition coefficient (Wildman–Crippen LogP) is 4.35. The van der Waals surface area contributed by atoms with E-state index in [1.165, 1.54) is 12.1 Å². The Hall–Kier alpha value is -3.86. The Morgan fingerprint density at radius 2 is 1.87 bits per heavy atom. The Labute approximate surface area is 171 Å². The summed E-state index contributed by atoms with van der Waals surface area (Å²) in [6, 6.07) is 12.5. The highest BCUT2D eigenvalue weighted by molar-refractivity contribution is 5.91. The topological polar surface area (TPSA) is 79.4 Å². The third kappa shape index (κ3) is 3.57. The van der Waals surface area contributed by atoms with E-state index in [0.717, 1.165) is 22.7 Å². The van der Waals surface area contributed by atoms with Gasteiger partial charge in [-0.3, -0.25) is 0 Å². The molecule has 1 N–H and O–H groups in total. The summed E-state index contributed by atoms with van der Waals surface area (Å²) >= 11 is 0. The molecule has 6 nitrogen and oxygen atoms in total. The minimum atomic E-state index is -0.623. The molecule has 0 saturated heterocycles. The highest BCUT2D eigenvalue weighted by atomic mass is 19.1. The molecule has 2 aromatic carbocycles. The van der Waals surface area contributed by atoms with Gasteiger partial charge in [0.1, 0.15) is 17.5 Å². The molecule has 150 valence electrons. The smallest absolute Gasteiger partial charge is 0.164 e. The van der Waals surface area contributed by atoms with Crippen LogP contribution in [0, 0.1) is 23.0 Å². The van der Waals surface area contributed by atoms with E-state index in [1.807, 2.05) is 6.92 Å². The van der Waals surface area contributed by atoms with E-state index in [-0.39, 0.29) is 6.54 Å². The fourth-order valence-corrected chi connectivity index (χ4v) is 3.27. The number of aryl methyl sites for hydroxylation is 2. The van der Waals surface area contributed by atoms with Gasteiger partial charge < -0.3 is 5.32 Å². The van der Waals surface area contributed by atoms with Crippen LogP contribution in [0.5, 0.6) is 0 Å². The summed E-state index contributed by atoms with van der Waals surface area (Å²) in [6.07, 6.45) is 0.677. The van der Waals surface area contributed by atoms with Crippen molar-refractivity contribution in [3.63, 3.8) is 0 Å². The van der Waals surface area contributed by atoms with Gasteiger partial charge in [-0.25, -0.2) is 23.4 Å². The molecular formula is C22H18F2N6. The van der Waals surface area contributed by atoms with Crippen LogP contribution in [0.15, 0.2) is 42.5 Å². The van der Waals surface area contributed by atoms with Gasteiger partial charge in [0.25, 0.3) is 0 Å². The van der Waals surface area contributed by atoms with Crippen LogP contribution in [0.2, 0.25) is 0 Å². The van der Waals surface area contributed by atoms with Crippen LogP contribution in [0.3, 0.4) is 0 Å². The van der Waals surface area contributed by atoms with Gasteiger partial charge in [0, 0.05) is 30.8 Å². The number of halogens is 2. The number of fused-ring (bicyclic) bond motifs is 1. The van der Waals surface area contributed by atoms with Crippen molar-refractivity contribution in [2.75, 3.05) is 5.32 Å². The lowest BCUT2D eigenvalue weighted by Gasteiger charge is -2.11. The van der Waals surface area contributed by atoms with E-state index in [9.17, 15) is 8.78 Å². The van der Waals surface area contributed by atoms with Crippen LogP contribution in [0.1, 0.15) is 23.7 Å². The zero-order valence-corrected chi connectivity index (χ0v) is 16.4. The molecule has 30 heavy (non-hydrogen) atoms. The average molecular weight is 404 g/mol. The average Bonchev–Trinajstić information content (AvgIpc) is 3.09. The molecule has 8 heteroatoms. The summed E-state index contributed by atoms with van der Waals surface area (Å²) in [5, 5.41) is 17.5. The van der Waals surface area contributed by atoms with Crippen molar-refractivity contribution in [3.05, 3.63) is 70.9 Å². The number of aromatic nitrogens is 4. The Morgan fingerprint density at radius 3 is 2.53 bits per heavy atom. The predicted molar refractivity (Wildman–Crippen MR) is 110 cm³/mol. The standard InChI is InChI=1S/C22H18F2N6/c1-3-18-19-21(26-12-15-8-9-16(23)10-17(15)24)27-20(28-22(19)30(2)29-18)14-6-4-13(11-25)5-7-14/h4-10H,3,12H2,1-2H3,(H,26,27,28). The Morgan fingerprint density at radius 1 is 1.10 bits per heavy atom. The Kier molecular flexibility index (Phi) is 5.11. The molecule has 0 aliphatic carbocycles. The maximum absolute atomic E-state index is 14.1. The number of rotatable bonds is 5. The van der Waals surface area contributed by atoms with Gasteiger partial charge in [0.05, 0.1) is 22.7 Å². The van der Waals surface area contributed by atoms with Crippen LogP contribution < -0.4 is 5.32 Å². The summed E-state index contributed by atoms with van der Waals surface area (Å²) in [5.74, 6) is -0.265. The molecule has 2 heterocycles. The van der Waals surface area contributed by atoms with Gasteiger partial charge in [-0.1, -0.05) is 13.0 Å². The number of hydrogen-bond donors (Lipinski definition) is 1. The van der Waals surface area contributed by atoms with Crippen molar-refractivity contribution < 1.29 is 8.78 Å². The van der Waals surface area contributed by atoms with Gasteiger partial charge in [0.15, 0.2) is 11.5 Å². The van der Waals surface area contributed by atoms with Crippen LogP contribution in [-0.2, 0) is 20.0 Å². The van der Waals surface area contributed by atoms with E-state index in [4.69, 9.17) is 5.26 Å². The number of nitrogens with zero attached hydrogens (tertiary/aromatic N) is 5. The van der Waals surface area contributed by atoms with Gasteiger partial charge in [-0.15, -0.1) is 0 Å². The zero-order valence-electron chi connectivity index (χ0n) is 16.4. The number of nitriles is 1. The minimum Gasteiger partial charge on any atom is -0.365 e. The quantitative estimate of drug-likeness (QED) is 0.535. The Balaban J connectivity index is 1.80. The van der Waals surface area contributed by atoms with Crippen LogP contribution >= 0.6 is 0 Å².